The molecular formula is C25H26Br2F2N2O7S2. The number of ether oxygens (including phenoxy) is 3. The van der Waals surface area contributed by atoms with Crippen LogP contribution in [0.15, 0.2) is 61.2 Å². The third kappa shape index (κ3) is 7.56. The molecule has 218 valence electrons. The second kappa shape index (κ2) is 13.4. The number of benzene rings is 3. The number of hydrogen-bond donors (Lipinski definition) is 2. The number of nitrogens with one attached hydrogen (secondary N) is 2. The normalized spacial score (nSPS) is 11.7. The maximum absolute atomic E-state index is 14.8. The molecule has 0 aliphatic heterocycles. The molecule has 0 unspecified atom stereocenters. The van der Waals surface area contributed by atoms with E-state index in [0.29, 0.717) is 21.8 Å². The van der Waals surface area contributed by atoms with E-state index >= 15 is 0 Å². The van der Waals surface area contributed by atoms with E-state index in [4.69, 9.17) is 14.2 Å². The summed E-state index contributed by atoms with van der Waals surface area (Å²) >= 11 is 6.29. The first-order chi connectivity index (χ1) is 18.8. The lowest BCUT2D eigenvalue weighted by Gasteiger charge is -2.18. The van der Waals surface area contributed by atoms with Crippen LogP contribution in [0.3, 0.4) is 0 Å². The molecule has 9 nitrogen and oxygen atoms in total. The maximum atomic E-state index is 14.8. The van der Waals surface area contributed by atoms with Crippen LogP contribution in [0.5, 0.6) is 17.2 Å². The Bertz CT molecular complexity index is 1610. The molecule has 3 aromatic rings. The summed E-state index contributed by atoms with van der Waals surface area (Å²) in [7, 11) is -8.00. The van der Waals surface area contributed by atoms with Gasteiger partial charge in [-0.15, -0.1) is 0 Å². The predicted octanol–water partition coefficient (Wildman–Crippen LogP) is 6.68. The van der Waals surface area contributed by atoms with Crippen molar-refractivity contribution in [1.82, 2.24) is 0 Å². The third-order valence-corrected chi connectivity index (χ3v) is 8.80. The lowest BCUT2D eigenvalue weighted by Crippen LogP contribution is -2.19. The lowest BCUT2D eigenvalue weighted by molar-refractivity contribution is 0.317. The Labute approximate surface area is 248 Å². The van der Waals surface area contributed by atoms with Crippen molar-refractivity contribution in [2.45, 2.75) is 36.5 Å². The summed E-state index contributed by atoms with van der Waals surface area (Å²) in [6, 6.07) is 7.90. The molecule has 0 aromatic heterocycles. The SMILES string of the molecule is CCCOc1cc(Br)cc(F)c1NS(=O)(=O)c1ccc(OC)c(S(=O)(=O)Nc2c(F)cc(Br)cc2OCCC)c1. The number of anilines is 2. The molecule has 0 heterocycles. The summed E-state index contributed by atoms with van der Waals surface area (Å²) in [5.74, 6) is -2.21. The van der Waals surface area contributed by atoms with Crippen LogP contribution in [0.25, 0.3) is 0 Å². The molecule has 0 atom stereocenters. The Kier molecular flexibility index (Phi) is 10.7. The second-order valence-electron chi connectivity index (χ2n) is 8.24. The van der Waals surface area contributed by atoms with Crippen molar-refractivity contribution in [3.05, 3.63) is 63.0 Å². The van der Waals surface area contributed by atoms with Gasteiger partial charge in [-0.3, -0.25) is 9.44 Å². The number of halogens is 4. The van der Waals surface area contributed by atoms with E-state index in [1.165, 1.54) is 19.2 Å². The van der Waals surface area contributed by atoms with Gasteiger partial charge in [-0.2, -0.15) is 0 Å². The van der Waals surface area contributed by atoms with Gasteiger partial charge in [0.15, 0.2) is 11.6 Å². The summed E-state index contributed by atoms with van der Waals surface area (Å²) in [4.78, 5) is -1.14. The second-order valence-corrected chi connectivity index (χ2v) is 13.4. The van der Waals surface area contributed by atoms with Gasteiger partial charge in [-0.05, 0) is 55.3 Å². The molecule has 0 fully saturated rings. The fraction of sp³-hybridized carbons (Fsp3) is 0.280. The van der Waals surface area contributed by atoms with Gasteiger partial charge in [0.05, 0.1) is 25.2 Å². The Morgan fingerprint density at radius 1 is 0.725 bits per heavy atom. The van der Waals surface area contributed by atoms with E-state index in [2.05, 4.69) is 41.3 Å². The molecule has 0 spiro atoms. The Morgan fingerprint density at radius 2 is 1.20 bits per heavy atom. The topological polar surface area (TPSA) is 120 Å². The zero-order valence-corrected chi connectivity index (χ0v) is 26.4. The Morgan fingerprint density at radius 3 is 1.65 bits per heavy atom. The summed E-state index contributed by atoms with van der Waals surface area (Å²) in [6.07, 6.45) is 1.16. The number of sulfonamides is 2. The van der Waals surface area contributed by atoms with Crippen LogP contribution in [0.1, 0.15) is 26.7 Å². The van der Waals surface area contributed by atoms with Crippen molar-refractivity contribution in [3.8, 4) is 17.2 Å². The highest BCUT2D eigenvalue weighted by Gasteiger charge is 2.28. The number of rotatable bonds is 13. The lowest BCUT2D eigenvalue weighted by atomic mass is 10.3. The maximum Gasteiger partial charge on any atom is 0.265 e. The van der Waals surface area contributed by atoms with Crippen molar-refractivity contribution in [1.29, 1.82) is 0 Å². The largest absolute Gasteiger partial charge is 0.495 e. The molecule has 0 radical (unpaired) electrons. The summed E-state index contributed by atoms with van der Waals surface area (Å²) in [6.45, 7) is 4.02. The molecule has 0 aliphatic rings. The quantitative estimate of drug-likeness (QED) is 0.202. The minimum atomic E-state index is -4.64. The van der Waals surface area contributed by atoms with Crippen LogP contribution >= 0.6 is 31.9 Å². The van der Waals surface area contributed by atoms with Gasteiger partial charge < -0.3 is 14.2 Å². The molecule has 3 rings (SSSR count). The standard InChI is InChI=1S/C25H26Br2F2N2O7S2/c1-4-8-37-21-12-15(26)10-18(28)24(21)30-39(32,33)17-6-7-20(36-3)23(14-17)40(34,35)31-25-19(29)11-16(27)13-22(25)38-9-5-2/h6-7,10-14,30-31H,4-5,8-9H2,1-3H3. The zero-order valence-electron chi connectivity index (χ0n) is 21.6. The molecular weight excluding hydrogens is 702 g/mol. The summed E-state index contributed by atoms with van der Waals surface area (Å²) in [5.41, 5.74) is -0.926. The Balaban J connectivity index is 2.06. The molecule has 15 heteroatoms. The van der Waals surface area contributed by atoms with Gasteiger partial charge in [0.2, 0.25) is 0 Å². The van der Waals surface area contributed by atoms with E-state index < -0.39 is 52.8 Å². The van der Waals surface area contributed by atoms with Gasteiger partial charge >= 0.3 is 0 Å². The van der Waals surface area contributed by atoms with Crippen molar-refractivity contribution >= 4 is 63.3 Å². The molecule has 0 aliphatic carbocycles. The molecule has 3 aromatic carbocycles. The van der Waals surface area contributed by atoms with E-state index in [-0.39, 0.29) is 30.5 Å². The molecule has 0 amide bonds. The first-order valence-electron chi connectivity index (χ1n) is 11.8. The van der Waals surface area contributed by atoms with Crippen LogP contribution in [-0.2, 0) is 20.0 Å². The fourth-order valence-corrected chi connectivity index (χ4v) is 6.64. The van der Waals surface area contributed by atoms with Crippen LogP contribution < -0.4 is 23.7 Å². The molecule has 0 saturated heterocycles. The monoisotopic (exact) mass is 726 g/mol. The number of hydrogen-bond acceptors (Lipinski definition) is 7. The first kappa shape index (κ1) is 31.9. The minimum absolute atomic E-state index is 0.0642. The van der Waals surface area contributed by atoms with Gasteiger partial charge in [0.1, 0.15) is 33.5 Å². The van der Waals surface area contributed by atoms with Crippen molar-refractivity contribution in [3.63, 3.8) is 0 Å². The van der Waals surface area contributed by atoms with Crippen LogP contribution in [-0.4, -0.2) is 37.2 Å². The molecule has 0 saturated carbocycles. The van der Waals surface area contributed by atoms with Gasteiger partial charge in [0, 0.05) is 8.95 Å². The van der Waals surface area contributed by atoms with Crippen LogP contribution in [0.4, 0.5) is 20.2 Å². The van der Waals surface area contributed by atoms with Crippen LogP contribution in [0.2, 0.25) is 0 Å². The van der Waals surface area contributed by atoms with E-state index in [1.807, 2.05) is 13.8 Å². The average Bonchev–Trinajstić information content (AvgIpc) is 2.89. The van der Waals surface area contributed by atoms with Gasteiger partial charge in [-0.1, -0.05) is 45.7 Å². The highest BCUT2D eigenvalue weighted by molar-refractivity contribution is 9.10. The van der Waals surface area contributed by atoms with E-state index in [0.717, 1.165) is 30.3 Å². The molecule has 2 N–H and O–H groups in total. The number of methoxy groups -OCH3 is 1. The van der Waals surface area contributed by atoms with Crippen molar-refractivity contribution in [2.75, 3.05) is 29.8 Å². The fourth-order valence-electron chi connectivity index (χ4n) is 3.37. The molecule has 0 bridgehead atoms. The first-order valence-corrected chi connectivity index (χ1v) is 16.4. The van der Waals surface area contributed by atoms with Gasteiger partial charge in [-0.25, -0.2) is 25.6 Å². The van der Waals surface area contributed by atoms with Crippen LogP contribution in [0, 0.1) is 11.6 Å². The Hall–Kier alpha value is -2.62. The summed E-state index contributed by atoms with van der Waals surface area (Å²) < 4.78 is 104. The van der Waals surface area contributed by atoms with Gasteiger partial charge in [0.25, 0.3) is 20.0 Å². The average molecular weight is 728 g/mol. The minimum Gasteiger partial charge on any atom is -0.495 e. The highest BCUT2D eigenvalue weighted by atomic mass is 79.9. The van der Waals surface area contributed by atoms with E-state index in [9.17, 15) is 25.6 Å². The van der Waals surface area contributed by atoms with E-state index in [1.54, 1.807) is 0 Å². The smallest absolute Gasteiger partial charge is 0.265 e. The highest BCUT2D eigenvalue weighted by Crippen LogP contribution is 2.37. The predicted molar refractivity (Wildman–Crippen MR) is 154 cm³/mol. The summed E-state index contributed by atoms with van der Waals surface area (Å²) in [5, 5.41) is 0. The zero-order chi connectivity index (χ0) is 29.7. The molecule has 40 heavy (non-hydrogen) atoms. The van der Waals surface area contributed by atoms with Crippen molar-refractivity contribution < 1.29 is 39.8 Å². The van der Waals surface area contributed by atoms with Crippen molar-refractivity contribution in [2.24, 2.45) is 0 Å². The third-order valence-electron chi connectivity index (χ3n) is 5.17.